The highest BCUT2D eigenvalue weighted by atomic mass is 16.5. The second-order valence-electron chi connectivity index (χ2n) is 6.08. The van der Waals surface area contributed by atoms with Gasteiger partial charge < -0.3 is 9.84 Å². The minimum absolute atomic E-state index is 0.386. The predicted molar refractivity (Wildman–Crippen MR) is 94.2 cm³/mol. The number of nitrogens with zero attached hydrogens (tertiary/aromatic N) is 1. The molecule has 1 fully saturated rings. The molecule has 0 aliphatic heterocycles. The fraction of sp³-hybridized carbons (Fsp3) is 0.350. The molecule has 0 unspecified atom stereocenters. The van der Waals surface area contributed by atoms with Crippen molar-refractivity contribution in [3.63, 3.8) is 0 Å². The lowest BCUT2D eigenvalue weighted by molar-refractivity contribution is 0.414. The van der Waals surface area contributed by atoms with Gasteiger partial charge in [0.15, 0.2) is 0 Å². The van der Waals surface area contributed by atoms with E-state index in [4.69, 9.17) is 4.74 Å². The first-order chi connectivity index (χ1) is 11.3. The summed E-state index contributed by atoms with van der Waals surface area (Å²) in [6.07, 6.45) is 7.92. The Kier molecular flexibility index (Phi) is 4.96. The summed E-state index contributed by atoms with van der Waals surface area (Å²) in [5.41, 5.74) is 2.69. The summed E-state index contributed by atoms with van der Waals surface area (Å²) in [6, 6.07) is 13.5. The second kappa shape index (κ2) is 7.32. The Balaban J connectivity index is 1.80. The number of hydrogen-bond donors (Lipinski definition) is 1. The van der Waals surface area contributed by atoms with Crippen molar-refractivity contribution in [2.24, 2.45) is 4.99 Å². The molecular formula is C20H23NO2. The van der Waals surface area contributed by atoms with Crippen LogP contribution in [-0.4, -0.2) is 18.4 Å². The van der Waals surface area contributed by atoms with Gasteiger partial charge in [-0.3, -0.25) is 4.99 Å². The van der Waals surface area contributed by atoms with Gasteiger partial charge in [0, 0.05) is 11.8 Å². The summed E-state index contributed by atoms with van der Waals surface area (Å²) >= 11 is 0. The molecule has 3 rings (SSSR count). The van der Waals surface area contributed by atoms with Crippen LogP contribution in [0.15, 0.2) is 47.5 Å². The second-order valence-corrected chi connectivity index (χ2v) is 6.08. The van der Waals surface area contributed by atoms with Gasteiger partial charge in [-0.05, 0) is 54.7 Å². The first-order valence-corrected chi connectivity index (χ1v) is 8.28. The molecule has 3 nitrogen and oxygen atoms in total. The Morgan fingerprint density at radius 3 is 2.48 bits per heavy atom. The number of phenolic OH excluding ortho intramolecular Hbond substituents is 1. The Hall–Kier alpha value is -2.29. The monoisotopic (exact) mass is 309 g/mol. The van der Waals surface area contributed by atoms with E-state index in [0.717, 1.165) is 22.6 Å². The van der Waals surface area contributed by atoms with E-state index in [1.807, 2.05) is 36.4 Å². The van der Waals surface area contributed by atoms with Gasteiger partial charge in [0.2, 0.25) is 0 Å². The maximum atomic E-state index is 10.6. The predicted octanol–water partition coefficient (Wildman–Crippen LogP) is 5.20. The molecule has 0 radical (unpaired) electrons. The highest BCUT2D eigenvalue weighted by molar-refractivity contribution is 5.86. The van der Waals surface area contributed by atoms with E-state index in [1.165, 1.54) is 32.1 Å². The van der Waals surface area contributed by atoms with Gasteiger partial charge in [0.25, 0.3) is 0 Å². The van der Waals surface area contributed by atoms with Gasteiger partial charge in [0.05, 0.1) is 12.8 Å². The third-order valence-corrected chi connectivity index (χ3v) is 4.57. The quantitative estimate of drug-likeness (QED) is 0.789. The molecule has 120 valence electrons. The lowest BCUT2D eigenvalue weighted by Gasteiger charge is -2.23. The van der Waals surface area contributed by atoms with Crippen molar-refractivity contribution in [3.8, 4) is 11.5 Å². The van der Waals surface area contributed by atoms with Gasteiger partial charge in [-0.2, -0.15) is 0 Å². The highest BCUT2D eigenvalue weighted by Gasteiger charge is 2.19. The number of rotatable bonds is 4. The zero-order valence-electron chi connectivity index (χ0n) is 13.5. The average molecular weight is 309 g/mol. The maximum absolute atomic E-state index is 10.6. The molecule has 1 N–H and O–H groups in total. The van der Waals surface area contributed by atoms with Crippen LogP contribution in [0.3, 0.4) is 0 Å². The molecule has 1 aliphatic carbocycles. The third kappa shape index (κ3) is 3.73. The van der Waals surface area contributed by atoms with Crippen LogP contribution in [0.2, 0.25) is 0 Å². The molecule has 2 aromatic carbocycles. The van der Waals surface area contributed by atoms with E-state index in [0.29, 0.717) is 11.7 Å². The van der Waals surface area contributed by atoms with Crippen molar-refractivity contribution in [2.45, 2.75) is 38.0 Å². The molecule has 0 saturated heterocycles. The maximum Gasteiger partial charge on any atom is 0.127 e. The smallest absolute Gasteiger partial charge is 0.127 e. The van der Waals surface area contributed by atoms with Gasteiger partial charge in [-0.1, -0.05) is 31.4 Å². The van der Waals surface area contributed by atoms with Crippen molar-refractivity contribution in [3.05, 3.63) is 53.6 Å². The van der Waals surface area contributed by atoms with Gasteiger partial charge >= 0.3 is 0 Å². The fourth-order valence-corrected chi connectivity index (χ4v) is 3.24. The number of hydrogen-bond acceptors (Lipinski definition) is 3. The summed E-state index contributed by atoms with van der Waals surface area (Å²) in [4.78, 5) is 4.46. The first kappa shape index (κ1) is 15.6. The summed E-state index contributed by atoms with van der Waals surface area (Å²) in [5.74, 6) is 1.68. The Morgan fingerprint density at radius 2 is 1.78 bits per heavy atom. The van der Waals surface area contributed by atoms with Crippen LogP contribution < -0.4 is 4.74 Å². The van der Waals surface area contributed by atoms with E-state index in [-0.39, 0.29) is 0 Å². The van der Waals surface area contributed by atoms with Gasteiger partial charge in [-0.15, -0.1) is 0 Å². The van der Waals surface area contributed by atoms with Crippen LogP contribution >= 0.6 is 0 Å². The standard InChI is InChI=1S/C20H23NO2/c1-23-18-12-10-17(11-13-18)21-14-16-8-5-9-19(20(16)22)15-6-3-2-4-7-15/h5,8-15,22H,2-4,6-7H2,1H3. The van der Waals surface area contributed by atoms with Crippen LogP contribution in [0, 0.1) is 0 Å². The number of ether oxygens (including phenoxy) is 1. The number of aromatic hydroxyl groups is 1. The number of benzene rings is 2. The minimum atomic E-state index is 0.386. The number of methoxy groups -OCH3 is 1. The van der Waals surface area contributed by atoms with Gasteiger partial charge in [0.1, 0.15) is 11.5 Å². The molecule has 0 bridgehead atoms. The Bertz CT molecular complexity index is 671. The van der Waals surface area contributed by atoms with Crippen LogP contribution in [0.5, 0.6) is 11.5 Å². The van der Waals surface area contributed by atoms with Crippen LogP contribution in [-0.2, 0) is 0 Å². The fourth-order valence-electron chi connectivity index (χ4n) is 3.24. The molecule has 1 saturated carbocycles. The summed E-state index contributed by atoms with van der Waals surface area (Å²) in [6.45, 7) is 0. The van der Waals surface area contributed by atoms with Crippen molar-refractivity contribution >= 4 is 11.9 Å². The topological polar surface area (TPSA) is 41.8 Å². The Labute approximate surface area is 137 Å². The lowest BCUT2D eigenvalue weighted by Crippen LogP contribution is -2.05. The van der Waals surface area contributed by atoms with E-state index in [1.54, 1.807) is 13.3 Å². The zero-order chi connectivity index (χ0) is 16.1. The summed E-state index contributed by atoms with van der Waals surface area (Å²) in [5, 5.41) is 10.6. The molecule has 1 aliphatic rings. The number of aliphatic imine (C=N–C) groups is 1. The third-order valence-electron chi connectivity index (χ3n) is 4.57. The van der Waals surface area contributed by atoms with E-state index in [2.05, 4.69) is 11.1 Å². The molecule has 0 aromatic heterocycles. The van der Waals surface area contributed by atoms with Crippen LogP contribution in [0.1, 0.15) is 49.1 Å². The molecule has 2 aromatic rings. The van der Waals surface area contributed by atoms with Crippen LogP contribution in [0.25, 0.3) is 0 Å². The largest absolute Gasteiger partial charge is 0.507 e. The number of para-hydroxylation sites is 1. The van der Waals surface area contributed by atoms with E-state index < -0.39 is 0 Å². The normalized spacial score (nSPS) is 15.9. The minimum Gasteiger partial charge on any atom is -0.507 e. The van der Waals surface area contributed by atoms with Crippen molar-refractivity contribution in [2.75, 3.05) is 7.11 Å². The summed E-state index contributed by atoms with van der Waals surface area (Å²) < 4.78 is 5.14. The SMILES string of the molecule is COc1ccc(N=Cc2cccc(C3CCCCC3)c2O)cc1. The first-order valence-electron chi connectivity index (χ1n) is 8.28. The van der Waals surface area contributed by atoms with Gasteiger partial charge in [-0.25, -0.2) is 0 Å². The molecule has 3 heteroatoms. The molecule has 0 spiro atoms. The van der Waals surface area contributed by atoms with Crippen molar-refractivity contribution < 1.29 is 9.84 Å². The lowest BCUT2D eigenvalue weighted by atomic mass is 9.83. The average Bonchev–Trinajstić information content (AvgIpc) is 2.62. The van der Waals surface area contributed by atoms with Crippen molar-refractivity contribution in [1.29, 1.82) is 0 Å². The van der Waals surface area contributed by atoms with Crippen LogP contribution in [0.4, 0.5) is 5.69 Å². The molecule has 23 heavy (non-hydrogen) atoms. The molecule has 0 atom stereocenters. The Morgan fingerprint density at radius 1 is 1.04 bits per heavy atom. The summed E-state index contributed by atoms with van der Waals surface area (Å²) in [7, 11) is 1.65. The zero-order valence-corrected chi connectivity index (χ0v) is 13.5. The number of phenols is 1. The van der Waals surface area contributed by atoms with E-state index >= 15 is 0 Å². The van der Waals surface area contributed by atoms with E-state index in [9.17, 15) is 5.11 Å². The van der Waals surface area contributed by atoms with Crippen molar-refractivity contribution in [1.82, 2.24) is 0 Å². The molecule has 0 heterocycles. The highest BCUT2D eigenvalue weighted by Crippen LogP contribution is 2.38. The molecular weight excluding hydrogens is 286 g/mol. The molecule has 0 amide bonds.